The summed E-state index contributed by atoms with van der Waals surface area (Å²) < 4.78 is 5.34. The molecule has 88 valence electrons. The molecule has 1 aliphatic heterocycles. The zero-order chi connectivity index (χ0) is 11.4. The molecule has 5 nitrogen and oxygen atoms in total. The van der Waals surface area contributed by atoms with Crippen LogP contribution in [0.25, 0.3) is 0 Å². The zero-order valence-corrected chi connectivity index (χ0v) is 9.17. The fourth-order valence-electron chi connectivity index (χ4n) is 1.97. The molecular formula is C11H17N3O2. The largest absolute Gasteiger partial charge is 0.394 e. The first-order chi connectivity index (χ1) is 7.86. The monoisotopic (exact) mass is 223 g/mol. The first-order valence-electron chi connectivity index (χ1n) is 5.46. The van der Waals surface area contributed by atoms with Gasteiger partial charge in [-0.05, 0) is 12.1 Å². The molecular weight excluding hydrogens is 206 g/mol. The minimum absolute atomic E-state index is 0.00301. The van der Waals surface area contributed by atoms with Crippen molar-refractivity contribution in [3.05, 3.63) is 24.0 Å². The van der Waals surface area contributed by atoms with Gasteiger partial charge in [0.2, 0.25) is 0 Å². The second-order valence-corrected chi connectivity index (χ2v) is 3.78. The molecule has 0 aromatic carbocycles. The molecule has 1 aromatic heterocycles. The summed E-state index contributed by atoms with van der Waals surface area (Å²) in [7, 11) is 0. The van der Waals surface area contributed by atoms with Gasteiger partial charge in [-0.3, -0.25) is 4.98 Å². The van der Waals surface area contributed by atoms with Gasteiger partial charge in [-0.2, -0.15) is 0 Å². The van der Waals surface area contributed by atoms with Crippen LogP contribution in [0.1, 0.15) is 5.69 Å². The SMILES string of the molecule is NCc1ncccc1N1CCOCC1CO. The fourth-order valence-corrected chi connectivity index (χ4v) is 1.97. The van der Waals surface area contributed by atoms with Crippen molar-refractivity contribution in [2.75, 3.05) is 31.3 Å². The molecule has 1 atom stereocenters. The van der Waals surface area contributed by atoms with Crippen molar-refractivity contribution in [3.8, 4) is 0 Å². The molecule has 1 aromatic rings. The zero-order valence-electron chi connectivity index (χ0n) is 9.17. The summed E-state index contributed by atoms with van der Waals surface area (Å²) in [5.74, 6) is 0. The molecule has 3 N–H and O–H groups in total. The van der Waals surface area contributed by atoms with E-state index in [0.717, 1.165) is 17.9 Å². The Morgan fingerprint density at radius 3 is 3.25 bits per heavy atom. The molecule has 16 heavy (non-hydrogen) atoms. The van der Waals surface area contributed by atoms with Crippen LogP contribution >= 0.6 is 0 Å². The Morgan fingerprint density at radius 1 is 1.62 bits per heavy atom. The number of hydrogen-bond acceptors (Lipinski definition) is 5. The van der Waals surface area contributed by atoms with E-state index in [0.29, 0.717) is 19.8 Å². The molecule has 1 fully saturated rings. The number of hydrogen-bond donors (Lipinski definition) is 2. The third kappa shape index (κ3) is 2.16. The molecule has 5 heteroatoms. The standard InChI is InChI=1S/C11H17N3O2/c12-6-10-11(2-1-3-13-10)14-4-5-16-8-9(14)7-15/h1-3,9,15H,4-8,12H2. The van der Waals surface area contributed by atoms with Crippen LogP contribution in [0.3, 0.4) is 0 Å². The van der Waals surface area contributed by atoms with Crippen LogP contribution in [0, 0.1) is 0 Å². The molecule has 0 bridgehead atoms. The Morgan fingerprint density at radius 2 is 2.50 bits per heavy atom. The molecule has 0 amide bonds. The summed E-state index contributed by atoms with van der Waals surface area (Å²) in [5.41, 5.74) is 7.53. The van der Waals surface area contributed by atoms with E-state index in [1.54, 1.807) is 6.20 Å². The average molecular weight is 223 g/mol. The van der Waals surface area contributed by atoms with Crippen LogP contribution < -0.4 is 10.6 Å². The smallest absolute Gasteiger partial charge is 0.0772 e. The molecule has 1 aliphatic rings. The molecule has 0 saturated carbocycles. The molecule has 2 heterocycles. The van der Waals surface area contributed by atoms with Crippen molar-refractivity contribution in [2.45, 2.75) is 12.6 Å². The summed E-state index contributed by atoms with van der Waals surface area (Å²) in [4.78, 5) is 6.38. The highest BCUT2D eigenvalue weighted by Crippen LogP contribution is 2.22. The number of morpholine rings is 1. The van der Waals surface area contributed by atoms with Gasteiger partial charge in [0.05, 0.1) is 37.2 Å². The van der Waals surface area contributed by atoms with Gasteiger partial charge in [-0.15, -0.1) is 0 Å². The highest BCUT2D eigenvalue weighted by atomic mass is 16.5. The van der Waals surface area contributed by atoms with Crippen LogP contribution in [0.4, 0.5) is 5.69 Å². The predicted molar refractivity (Wildman–Crippen MR) is 61.2 cm³/mol. The van der Waals surface area contributed by atoms with E-state index in [9.17, 15) is 5.11 Å². The lowest BCUT2D eigenvalue weighted by Crippen LogP contribution is -2.48. The van der Waals surface area contributed by atoms with Crippen LogP contribution in [0.2, 0.25) is 0 Å². The van der Waals surface area contributed by atoms with Gasteiger partial charge in [-0.25, -0.2) is 0 Å². The Hall–Kier alpha value is -1.17. The number of rotatable bonds is 3. The summed E-state index contributed by atoms with van der Waals surface area (Å²) >= 11 is 0. The number of nitrogens with two attached hydrogens (primary N) is 1. The first kappa shape index (κ1) is 11.3. The van der Waals surface area contributed by atoms with Crippen molar-refractivity contribution in [2.24, 2.45) is 5.73 Å². The Labute approximate surface area is 94.8 Å². The van der Waals surface area contributed by atoms with E-state index in [1.807, 2.05) is 12.1 Å². The highest BCUT2D eigenvalue weighted by Gasteiger charge is 2.24. The third-order valence-electron chi connectivity index (χ3n) is 2.81. The number of ether oxygens (including phenoxy) is 1. The minimum Gasteiger partial charge on any atom is -0.394 e. The lowest BCUT2D eigenvalue weighted by Gasteiger charge is -2.37. The van der Waals surface area contributed by atoms with E-state index in [-0.39, 0.29) is 12.6 Å². The number of nitrogens with zero attached hydrogens (tertiary/aromatic N) is 2. The van der Waals surface area contributed by atoms with Gasteiger partial charge in [0.15, 0.2) is 0 Å². The van der Waals surface area contributed by atoms with Gasteiger partial charge in [0.25, 0.3) is 0 Å². The van der Waals surface area contributed by atoms with Crippen molar-refractivity contribution < 1.29 is 9.84 Å². The predicted octanol–water partition coefficient (Wildman–Crippen LogP) is -0.262. The van der Waals surface area contributed by atoms with Crippen LogP contribution in [0.15, 0.2) is 18.3 Å². The van der Waals surface area contributed by atoms with E-state index >= 15 is 0 Å². The molecule has 0 radical (unpaired) electrons. The van der Waals surface area contributed by atoms with Crippen molar-refractivity contribution in [1.82, 2.24) is 4.98 Å². The average Bonchev–Trinajstić information content (AvgIpc) is 2.38. The number of aromatic nitrogens is 1. The quantitative estimate of drug-likeness (QED) is 0.738. The second kappa shape index (κ2) is 5.25. The van der Waals surface area contributed by atoms with E-state index in [4.69, 9.17) is 10.5 Å². The number of aliphatic hydroxyl groups is 1. The summed E-state index contributed by atoms with van der Waals surface area (Å²) in [6.45, 7) is 2.49. The number of aliphatic hydroxyl groups excluding tert-OH is 1. The maximum atomic E-state index is 9.31. The minimum atomic E-state index is 0.00301. The lowest BCUT2D eigenvalue weighted by atomic mass is 10.2. The summed E-state index contributed by atoms with van der Waals surface area (Å²) in [6.07, 6.45) is 1.74. The second-order valence-electron chi connectivity index (χ2n) is 3.78. The van der Waals surface area contributed by atoms with Crippen LogP contribution in [0.5, 0.6) is 0 Å². The Balaban J connectivity index is 2.26. The first-order valence-corrected chi connectivity index (χ1v) is 5.46. The molecule has 2 rings (SSSR count). The van der Waals surface area contributed by atoms with Crippen molar-refractivity contribution in [1.29, 1.82) is 0 Å². The van der Waals surface area contributed by atoms with Crippen molar-refractivity contribution >= 4 is 5.69 Å². The fraction of sp³-hybridized carbons (Fsp3) is 0.545. The Bertz CT molecular complexity index is 346. The maximum Gasteiger partial charge on any atom is 0.0772 e. The lowest BCUT2D eigenvalue weighted by molar-refractivity contribution is 0.0726. The van der Waals surface area contributed by atoms with E-state index < -0.39 is 0 Å². The number of anilines is 1. The highest BCUT2D eigenvalue weighted by molar-refractivity contribution is 5.51. The van der Waals surface area contributed by atoms with Crippen molar-refractivity contribution in [3.63, 3.8) is 0 Å². The normalized spacial score (nSPS) is 21.1. The molecule has 0 aliphatic carbocycles. The molecule has 1 saturated heterocycles. The van der Waals surface area contributed by atoms with E-state index in [2.05, 4.69) is 9.88 Å². The van der Waals surface area contributed by atoms with Crippen LogP contribution in [-0.4, -0.2) is 42.5 Å². The maximum absolute atomic E-state index is 9.31. The van der Waals surface area contributed by atoms with Gasteiger partial charge in [-0.1, -0.05) is 0 Å². The summed E-state index contributed by atoms with van der Waals surface area (Å²) in [6, 6.07) is 3.88. The van der Waals surface area contributed by atoms with E-state index in [1.165, 1.54) is 0 Å². The van der Waals surface area contributed by atoms with Gasteiger partial charge >= 0.3 is 0 Å². The molecule has 1 unspecified atom stereocenters. The van der Waals surface area contributed by atoms with Gasteiger partial charge < -0.3 is 20.5 Å². The molecule has 0 spiro atoms. The third-order valence-corrected chi connectivity index (χ3v) is 2.81. The number of pyridine rings is 1. The summed E-state index contributed by atoms with van der Waals surface area (Å²) in [5, 5.41) is 9.31. The van der Waals surface area contributed by atoms with Crippen LogP contribution in [-0.2, 0) is 11.3 Å². The topological polar surface area (TPSA) is 71.6 Å². The van der Waals surface area contributed by atoms with Gasteiger partial charge in [0, 0.05) is 19.3 Å². The Kier molecular flexibility index (Phi) is 3.71. The van der Waals surface area contributed by atoms with Gasteiger partial charge in [0.1, 0.15) is 0 Å².